The number of carbonyl (C=O) groups is 1. The minimum Gasteiger partial charge on any atom is -0.384 e. The number of hydrogen-bond acceptors (Lipinski definition) is 9. The van der Waals surface area contributed by atoms with Gasteiger partial charge in [0.15, 0.2) is 11.6 Å². The summed E-state index contributed by atoms with van der Waals surface area (Å²) in [6, 6.07) is 6.05. The van der Waals surface area contributed by atoms with Gasteiger partial charge in [-0.3, -0.25) is 14.7 Å². The summed E-state index contributed by atoms with van der Waals surface area (Å²) in [6.07, 6.45) is 2.61. The van der Waals surface area contributed by atoms with Crippen molar-refractivity contribution in [3.63, 3.8) is 0 Å². The molecule has 1 atom stereocenters. The van der Waals surface area contributed by atoms with Crippen LogP contribution in [0.25, 0.3) is 21.6 Å². The molecule has 2 aliphatic rings. The second kappa shape index (κ2) is 9.68. The molecule has 5 heterocycles. The maximum absolute atomic E-state index is 12.0. The normalized spacial score (nSPS) is 18.6. The highest BCUT2D eigenvalue weighted by Crippen LogP contribution is 2.35. The third-order valence-corrected chi connectivity index (χ3v) is 7.16. The van der Waals surface area contributed by atoms with Crippen LogP contribution in [0.4, 0.5) is 5.82 Å². The zero-order chi connectivity index (χ0) is 22.8. The molecule has 0 saturated carbocycles. The van der Waals surface area contributed by atoms with E-state index in [2.05, 4.69) is 20.9 Å². The van der Waals surface area contributed by atoms with Gasteiger partial charge in [0.25, 0.3) is 5.91 Å². The van der Waals surface area contributed by atoms with E-state index in [1.165, 1.54) is 11.8 Å². The van der Waals surface area contributed by atoms with Gasteiger partial charge in [0.1, 0.15) is 6.10 Å². The van der Waals surface area contributed by atoms with Crippen LogP contribution in [-0.2, 0) is 16.1 Å². The molecule has 10 heteroatoms. The van der Waals surface area contributed by atoms with Crippen molar-refractivity contribution >= 4 is 33.3 Å². The molecule has 0 radical (unpaired) electrons. The molecule has 2 aliphatic heterocycles. The lowest BCUT2D eigenvalue weighted by Crippen LogP contribution is -2.50. The van der Waals surface area contributed by atoms with Gasteiger partial charge < -0.3 is 19.6 Å². The first kappa shape index (κ1) is 22.1. The van der Waals surface area contributed by atoms with Crippen molar-refractivity contribution in [1.29, 1.82) is 0 Å². The molecule has 3 aromatic heterocycles. The van der Waals surface area contributed by atoms with Crippen LogP contribution in [0.15, 0.2) is 30.6 Å². The number of aromatic nitrogens is 3. The van der Waals surface area contributed by atoms with Crippen LogP contribution in [0.3, 0.4) is 0 Å². The number of amides is 1. The molecule has 0 bridgehead atoms. The van der Waals surface area contributed by atoms with E-state index in [9.17, 15) is 9.90 Å². The number of aliphatic hydroxyl groups is 1. The van der Waals surface area contributed by atoms with Crippen molar-refractivity contribution in [3.05, 3.63) is 35.5 Å². The second-order valence-electron chi connectivity index (χ2n) is 8.42. The van der Waals surface area contributed by atoms with Gasteiger partial charge in [-0.25, -0.2) is 9.97 Å². The fraction of sp³-hybridized carbons (Fsp3) is 0.478. The zero-order valence-electron chi connectivity index (χ0n) is 18.7. The fourth-order valence-corrected chi connectivity index (χ4v) is 5.42. The zero-order valence-corrected chi connectivity index (χ0v) is 19.5. The highest BCUT2D eigenvalue weighted by molar-refractivity contribution is 7.19. The molecule has 0 spiro atoms. The molecular formula is C23H28N6O3S. The summed E-state index contributed by atoms with van der Waals surface area (Å²) in [5.74, 6) is 1.46. The summed E-state index contributed by atoms with van der Waals surface area (Å²) in [5, 5.41) is 9.56. The van der Waals surface area contributed by atoms with Crippen LogP contribution in [0.1, 0.15) is 11.8 Å². The lowest BCUT2D eigenvalue weighted by atomic mass is 10.2. The Bertz CT molecular complexity index is 1110. The first-order valence-corrected chi connectivity index (χ1v) is 12.1. The van der Waals surface area contributed by atoms with Gasteiger partial charge >= 0.3 is 0 Å². The standard InChI is InChI=1S/C23H28N6O3S/c1-16(30)23(31)29-7-5-27(6-8-29)15-18-13-19-20(33-18)22(28-9-11-32-12-10-28)26-21(25-19)17-3-2-4-24-14-17/h2-4,13-14,16,30H,5-12,15H2,1H3/t16-/m0/s1. The van der Waals surface area contributed by atoms with Gasteiger partial charge in [0, 0.05) is 68.6 Å². The largest absolute Gasteiger partial charge is 0.384 e. The third-order valence-electron chi connectivity index (χ3n) is 6.06. The average Bonchev–Trinajstić information content (AvgIpc) is 3.26. The molecule has 2 fully saturated rings. The predicted molar refractivity (Wildman–Crippen MR) is 127 cm³/mol. The van der Waals surface area contributed by atoms with E-state index in [1.807, 2.05) is 12.1 Å². The number of anilines is 1. The summed E-state index contributed by atoms with van der Waals surface area (Å²) < 4.78 is 6.65. The van der Waals surface area contributed by atoms with Gasteiger partial charge in [-0.15, -0.1) is 11.3 Å². The van der Waals surface area contributed by atoms with Crippen molar-refractivity contribution in [2.75, 3.05) is 57.4 Å². The van der Waals surface area contributed by atoms with Crippen LogP contribution >= 0.6 is 11.3 Å². The van der Waals surface area contributed by atoms with Crippen molar-refractivity contribution in [3.8, 4) is 11.4 Å². The Kier molecular flexibility index (Phi) is 6.50. The monoisotopic (exact) mass is 468 g/mol. The lowest BCUT2D eigenvalue weighted by molar-refractivity contribution is -0.141. The highest BCUT2D eigenvalue weighted by Gasteiger charge is 2.25. The van der Waals surface area contributed by atoms with Gasteiger partial charge in [-0.1, -0.05) is 0 Å². The number of carbonyl (C=O) groups excluding carboxylic acids is 1. The van der Waals surface area contributed by atoms with Crippen LogP contribution in [0.5, 0.6) is 0 Å². The number of piperazine rings is 1. The Morgan fingerprint density at radius 3 is 2.67 bits per heavy atom. The maximum atomic E-state index is 12.0. The van der Waals surface area contributed by atoms with E-state index >= 15 is 0 Å². The number of rotatable bonds is 5. The predicted octanol–water partition coefficient (Wildman–Crippen LogP) is 1.61. The molecule has 5 rings (SSSR count). The molecule has 9 nitrogen and oxygen atoms in total. The Balaban J connectivity index is 1.40. The van der Waals surface area contributed by atoms with Crippen molar-refractivity contribution in [2.24, 2.45) is 0 Å². The van der Waals surface area contributed by atoms with E-state index < -0.39 is 6.10 Å². The van der Waals surface area contributed by atoms with E-state index in [0.717, 1.165) is 54.3 Å². The van der Waals surface area contributed by atoms with Crippen molar-refractivity contribution in [2.45, 2.75) is 19.6 Å². The third kappa shape index (κ3) is 4.84. The number of nitrogens with zero attached hydrogens (tertiary/aromatic N) is 6. The summed E-state index contributed by atoms with van der Waals surface area (Å²) in [7, 11) is 0. The quantitative estimate of drug-likeness (QED) is 0.604. The number of morpholine rings is 1. The van der Waals surface area contributed by atoms with E-state index in [1.54, 1.807) is 28.6 Å². The Morgan fingerprint density at radius 2 is 1.97 bits per heavy atom. The topological polar surface area (TPSA) is 94.9 Å². The molecular weight excluding hydrogens is 440 g/mol. The van der Waals surface area contributed by atoms with Gasteiger partial charge in [-0.2, -0.15) is 0 Å². The fourth-order valence-electron chi connectivity index (χ4n) is 4.27. The Labute approximate surface area is 196 Å². The molecule has 33 heavy (non-hydrogen) atoms. The number of aliphatic hydroxyl groups excluding tert-OH is 1. The van der Waals surface area contributed by atoms with Crippen LogP contribution in [0, 0.1) is 0 Å². The first-order valence-electron chi connectivity index (χ1n) is 11.3. The average molecular weight is 469 g/mol. The molecule has 0 aromatic carbocycles. The number of thiophene rings is 1. The summed E-state index contributed by atoms with van der Waals surface area (Å²) in [6.45, 7) is 8.20. The molecule has 0 unspecified atom stereocenters. The van der Waals surface area contributed by atoms with Crippen LogP contribution < -0.4 is 4.90 Å². The van der Waals surface area contributed by atoms with E-state index in [0.29, 0.717) is 32.1 Å². The Morgan fingerprint density at radius 1 is 1.18 bits per heavy atom. The molecule has 2 saturated heterocycles. The summed E-state index contributed by atoms with van der Waals surface area (Å²) >= 11 is 1.74. The second-order valence-corrected chi connectivity index (χ2v) is 9.55. The number of fused-ring (bicyclic) bond motifs is 1. The van der Waals surface area contributed by atoms with Crippen molar-refractivity contribution in [1.82, 2.24) is 24.8 Å². The lowest BCUT2D eigenvalue weighted by Gasteiger charge is -2.35. The molecule has 1 N–H and O–H groups in total. The molecule has 3 aromatic rings. The van der Waals surface area contributed by atoms with E-state index in [-0.39, 0.29) is 5.91 Å². The van der Waals surface area contributed by atoms with Gasteiger partial charge in [0.05, 0.1) is 23.4 Å². The van der Waals surface area contributed by atoms with Gasteiger partial charge in [0.2, 0.25) is 0 Å². The van der Waals surface area contributed by atoms with Crippen LogP contribution in [-0.4, -0.2) is 94.4 Å². The Hall–Kier alpha value is -2.66. The van der Waals surface area contributed by atoms with Crippen LogP contribution in [0.2, 0.25) is 0 Å². The number of ether oxygens (including phenoxy) is 1. The summed E-state index contributed by atoms with van der Waals surface area (Å²) in [5.41, 5.74) is 1.86. The SMILES string of the molecule is C[C@H](O)C(=O)N1CCN(Cc2cc3nc(-c4cccnc4)nc(N4CCOCC4)c3s2)CC1. The molecule has 0 aliphatic carbocycles. The number of pyridine rings is 1. The molecule has 1 amide bonds. The summed E-state index contributed by atoms with van der Waals surface area (Å²) in [4.78, 5) is 33.7. The first-order chi connectivity index (χ1) is 16.1. The number of hydrogen-bond donors (Lipinski definition) is 1. The molecule has 174 valence electrons. The maximum Gasteiger partial charge on any atom is 0.251 e. The van der Waals surface area contributed by atoms with Gasteiger partial charge in [-0.05, 0) is 25.1 Å². The minimum absolute atomic E-state index is 0.190. The van der Waals surface area contributed by atoms with E-state index in [4.69, 9.17) is 14.7 Å². The minimum atomic E-state index is -0.940. The van der Waals surface area contributed by atoms with Crippen molar-refractivity contribution < 1.29 is 14.6 Å². The smallest absolute Gasteiger partial charge is 0.251 e. The highest BCUT2D eigenvalue weighted by atomic mass is 32.1.